The summed E-state index contributed by atoms with van der Waals surface area (Å²) in [4.78, 5) is 0. The molecule has 0 nitrogen and oxygen atoms in total. The predicted molar refractivity (Wildman–Crippen MR) is 59.6 cm³/mol. The van der Waals surface area contributed by atoms with E-state index in [9.17, 15) is 0 Å². The van der Waals surface area contributed by atoms with Gasteiger partial charge in [0, 0.05) is 5.02 Å². The fourth-order valence-corrected chi connectivity index (χ4v) is 1.61. The maximum absolute atomic E-state index is 6.10. The zero-order valence-corrected chi connectivity index (χ0v) is 9.57. The van der Waals surface area contributed by atoms with Gasteiger partial charge in [0.05, 0.1) is 0 Å². The van der Waals surface area contributed by atoms with Gasteiger partial charge in [-0.2, -0.15) is 0 Å². The highest BCUT2D eigenvalue weighted by molar-refractivity contribution is 6.32. The molecule has 1 heteroatoms. The van der Waals surface area contributed by atoms with Gasteiger partial charge in [-0.25, -0.2) is 0 Å². The summed E-state index contributed by atoms with van der Waals surface area (Å²) in [6.07, 6.45) is 1.18. The van der Waals surface area contributed by atoms with E-state index < -0.39 is 0 Å². The maximum Gasteiger partial charge on any atom is 0.0464 e. The molecule has 0 N–H and O–H groups in total. The van der Waals surface area contributed by atoms with Crippen LogP contribution in [0.15, 0.2) is 12.1 Å². The molecule has 0 bridgehead atoms. The number of rotatable bonds is 2. The van der Waals surface area contributed by atoms with Crippen LogP contribution >= 0.6 is 11.6 Å². The van der Waals surface area contributed by atoms with Crippen molar-refractivity contribution < 1.29 is 0 Å². The van der Waals surface area contributed by atoms with E-state index >= 15 is 0 Å². The van der Waals surface area contributed by atoms with Gasteiger partial charge in [-0.1, -0.05) is 37.6 Å². The number of benzene rings is 1. The molecule has 13 heavy (non-hydrogen) atoms. The Morgan fingerprint density at radius 3 is 2.08 bits per heavy atom. The number of hydrogen-bond acceptors (Lipinski definition) is 0. The van der Waals surface area contributed by atoms with Gasteiger partial charge in [0.15, 0.2) is 0 Å². The average molecular weight is 197 g/mol. The van der Waals surface area contributed by atoms with Crippen molar-refractivity contribution >= 4 is 11.6 Å². The second kappa shape index (κ2) is 4.15. The van der Waals surface area contributed by atoms with Gasteiger partial charge < -0.3 is 0 Å². The summed E-state index contributed by atoms with van der Waals surface area (Å²) in [7, 11) is 0. The van der Waals surface area contributed by atoms with E-state index in [1.165, 1.54) is 23.1 Å². The van der Waals surface area contributed by atoms with E-state index in [0.717, 1.165) is 5.02 Å². The van der Waals surface area contributed by atoms with Gasteiger partial charge in [-0.05, 0) is 42.9 Å². The number of aryl methyl sites for hydroxylation is 2. The first-order chi connectivity index (χ1) is 6.06. The van der Waals surface area contributed by atoms with Gasteiger partial charge in [0.1, 0.15) is 0 Å². The first-order valence-corrected chi connectivity index (χ1v) is 5.20. The zero-order chi connectivity index (χ0) is 10.0. The van der Waals surface area contributed by atoms with Gasteiger partial charge in [-0.3, -0.25) is 0 Å². The molecule has 1 aromatic rings. The summed E-state index contributed by atoms with van der Waals surface area (Å²) in [6.45, 7) is 8.61. The Bertz CT molecular complexity index is 279. The Morgan fingerprint density at radius 1 is 1.23 bits per heavy atom. The zero-order valence-electron chi connectivity index (χ0n) is 8.82. The van der Waals surface area contributed by atoms with Gasteiger partial charge in [0.2, 0.25) is 0 Å². The number of halogens is 1. The third-order valence-electron chi connectivity index (χ3n) is 2.64. The molecule has 1 aromatic carbocycles. The molecule has 1 rings (SSSR count). The van der Waals surface area contributed by atoms with Gasteiger partial charge >= 0.3 is 0 Å². The van der Waals surface area contributed by atoms with Crippen molar-refractivity contribution in [1.82, 2.24) is 0 Å². The van der Waals surface area contributed by atoms with Crippen LogP contribution in [0.1, 0.15) is 42.9 Å². The van der Waals surface area contributed by atoms with Crippen LogP contribution in [0.2, 0.25) is 5.02 Å². The molecule has 0 heterocycles. The Kier molecular flexibility index (Phi) is 3.38. The monoisotopic (exact) mass is 196 g/mol. The van der Waals surface area contributed by atoms with E-state index in [1.54, 1.807) is 0 Å². The van der Waals surface area contributed by atoms with Crippen molar-refractivity contribution in [3.63, 3.8) is 0 Å². The van der Waals surface area contributed by atoms with Crippen LogP contribution < -0.4 is 0 Å². The van der Waals surface area contributed by atoms with E-state index in [2.05, 4.69) is 39.8 Å². The van der Waals surface area contributed by atoms with Crippen molar-refractivity contribution in [3.05, 3.63) is 33.8 Å². The molecule has 0 fully saturated rings. The number of hydrogen-bond donors (Lipinski definition) is 0. The molecule has 0 aliphatic rings. The summed E-state index contributed by atoms with van der Waals surface area (Å²) in [5.41, 5.74) is 3.79. The first-order valence-electron chi connectivity index (χ1n) is 4.83. The molecule has 0 aromatic heterocycles. The standard InChI is InChI=1S/C12H17Cl/c1-5-8(2)11-6-9(3)12(13)10(4)7-11/h6-8H,5H2,1-4H3. The molecule has 0 aliphatic heterocycles. The van der Waals surface area contributed by atoms with Crippen LogP contribution in [0.3, 0.4) is 0 Å². The minimum absolute atomic E-state index is 0.634. The lowest BCUT2D eigenvalue weighted by atomic mass is 9.95. The van der Waals surface area contributed by atoms with Crippen molar-refractivity contribution in [2.24, 2.45) is 0 Å². The highest BCUT2D eigenvalue weighted by Crippen LogP contribution is 2.27. The van der Waals surface area contributed by atoms with Crippen LogP contribution in [0.5, 0.6) is 0 Å². The van der Waals surface area contributed by atoms with Crippen LogP contribution in [-0.4, -0.2) is 0 Å². The fraction of sp³-hybridized carbons (Fsp3) is 0.500. The van der Waals surface area contributed by atoms with Crippen molar-refractivity contribution in [2.45, 2.75) is 40.0 Å². The Balaban J connectivity index is 3.13. The summed E-state index contributed by atoms with van der Waals surface area (Å²) in [5, 5.41) is 0.909. The maximum atomic E-state index is 6.10. The van der Waals surface area contributed by atoms with E-state index in [0.29, 0.717) is 5.92 Å². The highest BCUT2D eigenvalue weighted by atomic mass is 35.5. The third-order valence-corrected chi connectivity index (χ3v) is 3.24. The van der Waals surface area contributed by atoms with Gasteiger partial charge in [0.25, 0.3) is 0 Å². The van der Waals surface area contributed by atoms with Crippen LogP contribution in [0.4, 0.5) is 0 Å². The lowest BCUT2D eigenvalue weighted by molar-refractivity contribution is 0.732. The van der Waals surface area contributed by atoms with Crippen molar-refractivity contribution in [1.29, 1.82) is 0 Å². The Hall–Kier alpha value is -0.490. The fourth-order valence-electron chi connectivity index (χ4n) is 1.50. The first kappa shape index (κ1) is 10.6. The van der Waals surface area contributed by atoms with E-state index in [1.807, 2.05) is 0 Å². The van der Waals surface area contributed by atoms with Crippen LogP contribution in [0.25, 0.3) is 0 Å². The molecule has 72 valence electrons. The molecule has 0 amide bonds. The summed E-state index contributed by atoms with van der Waals surface area (Å²) >= 11 is 6.10. The summed E-state index contributed by atoms with van der Waals surface area (Å²) in [5.74, 6) is 0.634. The van der Waals surface area contributed by atoms with Crippen LogP contribution in [-0.2, 0) is 0 Å². The molecule has 0 aliphatic carbocycles. The Labute approximate surface area is 85.9 Å². The predicted octanol–water partition coefficient (Wildman–Crippen LogP) is 4.47. The topological polar surface area (TPSA) is 0 Å². The minimum atomic E-state index is 0.634. The normalized spacial score (nSPS) is 13.0. The Morgan fingerprint density at radius 2 is 1.69 bits per heavy atom. The molecular formula is C12H17Cl. The molecule has 0 saturated heterocycles. The molecule has 0 radical (unpaired) electrons. The summed E-state index contributed by atoms with van der Waals surface area (Å²) < 4.78 is 0. The molecule has 0 saturated carbocycles. The third kappa shape index (κ3) is 2.25. The van der Waals surface area contributed by atoms with Crippen molar-refractivity contribution in [3.8, 4) is 0 Å². The van der Waals surface area contributed by atoms with E-state index in [4.69, 9.17) is 11.6 Å². The van der Waals surface area contributed by atoms with E-state index in [-0.39, 0.29) is 0 Å². The lowest BCUT2D eigenvalue weighted by Crippen LogP contribution is -1.94. The molecule has 1 atom stereocenters. The SMILES string of the molecule is CCC(C)c1cc(C)c(Cl)c(C)c1. The molecular weight excluding hydrogens is 180 g/mol. The summed E-state index contributed by atoms with van der Waals surface area (Å²) in [6, 6.07) is 4.40. The van der Waals surface area contributed by atoms with Crippen LogP contribution in [0, 0.1) is 13.8 Å². The largest absolute Gasteiger partial charge is 0.0838 e. The van der Waals surface area contributed by atoms with Gasteiger partial charge in [-0.15, -0.1) is 0 Å². The quantitative estimate of drug-likeness (QED) is 0.655. The van der Waals surface area contributed by atoms with Crippen molar-refractivity contribution in [2.75, 3.05) is 0 Å². The minimum Gasteiger partial charge on any atom is -0.0838 e. The second-order valence-electron chi connectivity index (χ2n) is 3.78. The lowest BCUT2D eigenvalue weighted by Gasteiger charge is -2.12. The molecule has 0 spiro atoms. The average Bonchev–Trinajstić information content (AvgIpc) is 2.12. The highest BCUT2D eigenvalue weighted by Gasteiger charge is 2.07. The molecule has 1 unspecified atom stereocenters. The smallest absolute Gasteiger partial charge is 0.0464 e. The second-order valence-corrected chi connectivity index (χ2v) is 4.16.